The minimum absolute atomic E-state index is 0.00783. The molecule has 0 saturated carbocycles. The molecule has 2 rings (SSSR count). The van der Waals surface area contributed by atoms with Gasteiger partial charge in [0.2, 0.25) is 17.7 Å². The molecule has 0 fully saturated rings. The van der Waals surface area contributed by atoms with Crippen LogP contribution in [0.1, 0.15) is 17.5 Å². The van der Waals surface area contributed by atoms with Crippen molar-refractivity contribution >= 4 is 35.5 Å². The number of phenols is 1. The minimum atomic E-state index is -1.57. The molecule has 0 bridgehead atoms. The normalized spacial score (nSPS) is 14.0. The van der Waals surface area contributed by atoms with E-state index < -0.39 is 54.5 Å². The van der Waals surface area contributed by atoms with Crippen LogP contribution in [0.5, 0.6) is 5.75 Å². The van der Waals surface area contributed by atoms with Crippen molar-refractivity contribution in [3.05, 3.63) is 65.7 Å². The van der Waals surface area contributed by atoms with Gasteiger partial charge in [-0.15, -0.1) is 0 Å². The van der Waals surface area contributed by atoms with E-state index in [1.807, 2.05) is 12.3 Å². The van der Waals surface area contributed by atoms with Gasteiger partial charge in [-0.1, -0.05) is 42.5 Å². The van der Waals surface area contributed by atoms with Gasteiger partial charge < -0.3 is 37.0 Å². The lowest BCUT2D eigenvalue weighted by atomic mass is 10.0. The molecule has 0 radical (unpaired) electrons. The van der Waals surface area contributed by atoms with Gasteiger partial charge in [0.15, 0.2) is 0 Å². The van der Waals surface area contributed by atoms with Gasteiger partial charge in [-0.2, -0.15) is 11.8 Å². The maximum atomic E-state index is 13.4. The summed E-state index contributed by atoms with van der Waals surface area (Å²) in [5.41, 5.74) is 7.32. The topological polar surface area (TPSA) is 191 Å². The average Bonchev–Trinajstić information content (AvgIpc) is 2.90. The number of nitrogens with two attached hydrogens (primary N) is 1. The molecule has 8 N–H and O–H groups in total. The number of carbonyl (C=O) groups is 4. The Bertz CT molecular complexity index is 1070. The highest BCUT2D eigenvalue weighted by atomic mass is 32.2. The summed E-state index contributed by atoms with van der Waals surface area (Å²) in [6.45, 7) is -0.846. The molecule has 0 saturated heterocycles. The molecule has 3 amide bonds. The third kappa shape index (κ3) is 10.0. The third-order valence-corrected chi connectivity index (χ3v) is 6.34. The van der Waals surface area contributed by atoms with Crippen molar-refractivity contribution in [1.82, 2.24) is 16.0 Å². The van der Waals surface area contributed by atoms with Gasteiger partial charge >= 0.3 is 5.97 Å². The number of carboxylic acids is 1. The molecule has 4 atom stereocenters. The fourth-order valence-electron chi connectivity index (χ4n) is 3.52. The monoisotopic (exact) mass is 546 g/mol. The lowest BCUT2D eigenvalue weighted by molar-refractivity contribution is -0.143. The number of carbonyl (C=O) groups excluding carboxylic acids is 3. The molecule has 0 aliphatic rings. The first-order valence-corrected chi connectivity index (χ1v) is 13.3. The first-order chi connectivity index (χ1) is 18.1. The maximum Gasteiger partial charge on any atom is 0.328 e. The number of aliphatic hydroxyl groups excluding tert-OH is 1. The molecular formula is C26H34N4O7S. The molecule has 2 aromatic carbocycles. The van der Waals surface area contributed by atoms with Crippen LogP contribution in [-0.2, 0) is 32.0 Å². The number of phenolic OH excluding ortho intramolecular Hbond substituents is 1. The second-order valence-corrected chi connectivity index (χ2v) is 9.64. The Morgan fingerprint density at radius 1 is 0.816 bits per heavy atom. The van der Waals surface area contributed by atoms with Crippen molar-refractivity contribution in [2.45, 2.75) is 43.4 Å². The van der Waals surface area contributed by atoms with Crippen LogP contribution < -0.4 is 21.7 Å². The van der Waals surface area contributed by atoms with Crippen LogP contribution in [0.25, 0.3) is 0 Å². The summed E-state index contributed by atoms with van der Waals surface area (Å²) < 4.78 is 0. The van der Waals surface area contributed by atoms with Gasteiger partial charge in [-0.05, 0) is 41.7 Å². The number of hydrogen-bond acceptors (Lipinski definition) is 8. The molecule has 0 aliphatic carbocycles. The summed E-state index contributed by atoms with van der Waals surface area (Å²) in [6.07, 6.45) is 2.38. The number of aromatic hydroxyl groups is 1. The highest BCUT2D eigenvalue weighted by molar-refractivity contribution is 7.98. The van der Waals surface area contributed by atoms with Crippen molar-refractivity contribution in [1.29, 1.82) is 0 Å². The SMILES string of the molecule is CSCCC(N)C(=O)NC(Cc1ccccc1)C(=O)NC(Cc1ccc(O)cc1)C(=O)NC(CO)C(=O)O. The Kier molecular flexibility index (Phi) is 12.6. The van der Waals surface area contributed by atoms with Crippen LogP contribution in [-0.4, -0.2) is 81.8 Å². The smallest absolute Gasteiger partial charge is 0.328 e. The van der Waals surface area contributed by atoms with Crippen molar-refractivity contribution in [3.8, 4) is 5.75 Å². The van der Waals surface area contributed by atoms with E-state index in [9.17, 15) is 34.5 Å². The fourth-order valence-corrected chi connectivity index (χ4v) is 4.01. The molecule has 0 aromatic heterocycles. The standard InChI is InChI=1S/C26H34N4O7S/c1-38-12-11-19(27)23(33)28-20(13-16-5-3-2-4-6-16)24(34)29-21(14-17-7-9-18(32)10-8-17)25(35)30-22(15-31)26(36)37/h2-10,19-22,31-32H,11-15,27H2,1H3,(H,28,33)(H,29,34)(H,30,35)(H,36,37). The quantitative estimate of drug-likeness (QED) is 0.158. The summed E-state index contributed by atoms with van der Waals surface area (Å²) in [5.74, 6) is -2.80. The summed E-state index contributed by atoms with van der Waals surface area (Å²) in [6, 6.07) is 10.2. The van der Waals surface area contributed by atoms with Crippen molar-refractivity contribution in [3.63, 3.8) is 0 Å². The van der Waals surface area contributed by atoms with Crippen LogP contribution in [0.4, 0.5) is 0 Å². The molecule has 0 heterocycles. The highest BCUT2D eigenvalue weighted by Crippen LogP contribution is 2.12. The van der Waals surface area contributed by atoms with Crippen molar-refractivity contribution in [2.75, 3.05) is 18.6 Å². The highest BCUT2D eigenvalue weighted by Gasteiger charge is 2.30. The van der Waals surface area contributed by atoms with Gasteiger partial charge in [-0.25, -0.2) is 4.79 Å². The molecule has 0 spiro atoms. The largest absolute Gasteiger partial charge is 0.508 e. The lowest BCUT2D eigenvalue weighted by Gasteiger charge is -2.25. The Hall–Kier alpha value is -3.61. The summed E-state index contributed by atoms with van der Waals surface area (Å²) in [7, 11) is 0. The summed E-state index contributed by atoms with van der Waals surface area (Å²) >= 11 is 1.54. The van der Waals surface area contributed by atoms with Crippen LogP contribution >= 0.6 is 11.8 Å². The predicted molar refractivity (Wildman–Crippen MR) is 143 cm³/mol. The van der Waals surface area contributed by atoms with Crippen LogP contribution in [0.3, 0.4) is 0 Å². The molecule has 4 unspecified atom stereocenters. The Morgan fingerprint density at radius 2 is 1.32 bits per heavy atom. The number of rotatable bonds is 15. The maximum absolute atomic E-state index is 13.4. The Morgan fingerprint density at radius 3 is 1.82 bits per heavy atom. The molecule has 2 aromatic rings. The van der Waals surface area contributed by atoms with Gasteiger partial charge in [0.1, 0.15) is 23.9 Å². The van der Waals surface area contributed by atoms with Crippen LogP contribution in [0.2, 0.25) is 0 Å². The Labute approximate surface area is 225 Å². The van der Waals surface area contributed by atoms with Gasteiger partial charge in [0.05, 0.1) is 12.6 Å². The van der Waals surface area contributed by atoms with Crippen molar-refractivity contribution < 1.29 is 34.5 Å². The molecule has 12 heteroatoms. The molecular weight excluding hydrogens is 512 g/mol. The van der Waals surface area contributed by atoms with Crippen LogP contribution in [0.15, 0.2) is 54.6 Å². The molecule has 11 nitrogen and oxygen atoms in total. The molecule has 0 aliphatic heterocycles. The minimum Gasteiger partial charge on any atom is -0.508 e. The summed E-state index contributed by atoms with van der Waals surface area (Å²) in [4.78, 5) is 50.5. The zero-order valence-corrected chi connectivity index (χ0v) is 21.8. The zero-order valence-electron chi connectivity index (χ0n) is 21.0. The van der Waals surface area contributed by atoms with E-state index in [1.165, 1.54) is 23.9 Å². The van der Waals surface area contributed by atoms with E-state index in [2.05, 4.69) is 16.0 Å². The lowest BCUT2D eigenvalue weighted by Crippen LogP contribution is -2.58. The number of hydrogen-bond donors (Lipinski definition) is 7. The number of aliphatic hydroxyl groups is 1. The molecule has 38 heavy (non-hydrogen) atoms. The molecule has 206 valence electrons. The number of thioether (sulfide) groups is 1. The van der Waals surface area contributed by atoms with E-state index in [0.717, 1.165) is 5.56 Å². The summed E-state index contributed by atoms with van der Waals surface area (Å²) in [5, 5.41) is 35.6. The first-order valence-electron chi connectivity index (χ1n) is 12.0. The average molecular weight is 547 g/mol. The van der Waals surface area contributed by atoms with E-state index in [4.69, 9.17) is 5.73 Å². The second-order valence-electron chi connectivity index (χ2n) is 8.65. The van der Waals surface area contributed by atoms with Gasteiger partial charge in [0.25, 0.3) is 0 Å². The third-order valence-electron chi connectivity index (χ3n) is 5.69. The Balaban J connectivity index is 2.28. The van der Waals surface area contributed by atoms with Gasteiger partial charge in [-0.3, -0.25) is 14.4 Å². The van der Waals surface area contributed by atoms with E-state index in [-0.39, 0.29) is 18.6 Å². The van der Waals surface area contributed by atoms with Crippen molar-refractivity contribution in [2.24, 2.45) is 5.73 Å². The fraction of sp³-hybridized carbons (Fsp3) is 0.385. The van der Waals surface area contributed by atoms with E-state index >= 15 is 0 Å². The predicted octanol–water partition coefficient (Wildman–Crippen LogP) is -0.211. The zero-order chi connectivity index (χ0) is 28.1. The first kappa shape index (κ1) is 30.6. The van der Waals surface area contributed by atoms with E-state index in [0.29, 0.717) is 17.7 Å². The van der Waals surface area contributed by atoms with Crippen LogP contribution in [0, 0.1) is 0 Å². The number of benzene rings is 2. The van der Waals surface area contributed by atoms with E-state index in [1.54, 1.807) is 36.4 Å². The number of amides is 3. The number of nitrogens with one attached hydrogen (secondary N) is 3. The second kappa shape index (κ2) is 15.6. The van der Waals surface area contributed by atoms with Gasteiger partial charge in [0, 0.05) is 12.8 Å². The number of carboxylic acid groups (broad SMARTS) is 1. The number of aliphatic carboxylic acids is 1.